The van der Waals surface area contributed by atoms with Crippen LogP contribution in [0.1, 0.15) is 10.4 Å². The molecule has 0 saturated heterocycles. The fourth-order valence-electron chi connectivity index (χ4n) is 2.03. The highest BCUT2D eigenvalue weighted by Crippen LogP contribution is 2.27. The van der Waals surface area contributed by atoms with Crippen LogP contribution in [0.3, 0.4) is 0 Å². The molecule has 0 radical (unpaired) electrons. The van der Waals surface area contributed by atoms with Crippen LogP contribution in [-0.4, -0.2) is 15.9 Å². The first kappa shape index (κ1) is 10.5. The van der Waals surface area contributed by atoms with E-state index in [0.29, 0.717) is 16.9 Å². The average molecular weight is 238 g/mol. The highest BCUT2D eigenvalue weighted by Gasteiger charge is 2.08. The van der Waals surface area contributed by atoms with Crippen molar-refractivity contribution in [3.05, 3.63) is 42.2 Å². The SMILES string of the molecule is NC(=O)c1ccc2c(c1)nc(N)c1ccncc12. The number of nitrogen functional groups attached to an aromatic ring is 1. The Balaban J connectivity index is 2.46. The minimum atomic E-state index is -0.483. The molecule has 0 spiro atoms. The van der Waals surface area contributed by atoms with Gasteiger partial charge in [-0.05, 0) is 18.2 Å². The lowest BCUT2D eigenvalue weighted by Gasteiger charge is -2.06. The van der Waals surface area contributed by atoms with Gasteiger partial charge >= 0.3 is 0 Å². The van der Waals surface area contributed by atoms with Gasteiger partial charge in [0.15, 0.2) is 0 Å². The first-order valence-electron chi connectivity index (χ1n) is 5.39. The number of fused-ring (bicyclic) bond motifs is 3. The summed E-state index contributed by atoms with van der Waals surface area (Å²) in [5.74, 6) is -0.0647. The van der Waals surface area contributed by atoms with Gasteiger partial charge < -0.3 is 11.5 Å². The summed E-state index contributed by atoms with van der Waals surface area (Å²) in [5.41, 5.74) is 12.2. The second kappa shape index (κ2) is 3.66. The number of anilines is 1. The molecule has 1 amide bonds. The Kier molecular flexibility index (Phi) is 2.13. The van der Waals surface area contributed by atoms with Crippen molar-refractivity contribution < 1.29 is 4.79 Å². The molecule has 2 aromatic heterocycles. The number of hydrogen-bond donors (Lipinski definition) is 2. The summed E-state index contributed by atoms with van der Waals surface area (Å²) < 4.78 is 0. The molecule has 0 fully saturated rings. The third-order valence-corrected chi connectivity index (χ3v) is 2.91. The third-order valence-electron chi connectivity index (χ3n) is 2.91. The van der Waals surface area contributed by atoms with Gasteiger partial charge in [0.2, 0.25) is 5.91 Å². The second-order valence-electron chi connectivity index (χ2n) is 4.01. The van der Waals surface area contributed by atoms with Crippen LogP contribution in [0.15, 0.2) is 36.7 Å². The predicted octanol–water partition coefficient (Wildman–Crippen LogP) is 1.46. The first-order chi connectivity index (χ1) is 8.66. The van der Waals surface area contributed by atoms with Gasteiger partial charge in [0.25, 0.3) is 0 Å². The van der Waals surface area contributed by atoms with Crippen LogP contribution in [0, 0.1) is 0 Å². The number of aromatic nitrogens is 2. The van der Waals surface area contributed by atoms with Gasteiger partial charge in [0, 0.05) is 34.1 Å². The van der Waals surface area contributed by atoms with Gasteiger partial charge in [-0.1, -0.05) is 6.07 Å². The smallest absolute Gasteiger partial charge is 0.248 e. The zero-order chi connectivity index (χ0) is 12.7. The van der Waals surface area contributed by atoms with Crippen LogP contribution in [0.4, 0.5) is 5.82 Å². The van der Waals surface area contributed by atoms with Crippen molar-refractivity contribution in [2.75, 3.05) is 5.73 Å². The Bertz CT molecular complexity index is 782. The molecule has 5 heteroatoms. The molecule has 0 aliphatic heterocycles. The normalized spacial score (nSPS) is 10.9. The number of pyridine rings is 2. The third kappa shape index (κ3) is 1.45. The lowest BCUT2D eigenvalue weighted by molar-refractivity contribution is 0.100. The van der Waals surface area contributed by atoms with Gasteiger partial charge in [0.1, 0.15) is 5.82 Å². The predicted molar refractivity (Wildman–Crippen MR) is 70.0 cm³/mol. The Hall–Kier alpha value is -2.69. The number of benzene rings is 1. The van der Waals surface area contributed by atoms with Crippen molar-refractivity contribution in [2.24, 2.45) is 5.73 Å². The van der Waals surface area contributed by atoms with E-state index in [-0.39, 0.29) is 0 Å². The lowest BCUT2D eigenvalue weighted by atomic mass is 10.1. The summed E-state index contributed by atoms with van der Waals surface area (Å²) in [6.45, 7) is 0. The van der Waals surface area contributed by atoms with Gasteiger partial charge in [-0.3, -0.25) is 9.78 Å². The maximum atomic E-state index is 11.1. The highest BCUT2D eigenvalue weighted by molar-refractivity contribution is 6.10. The molecule has 2 heterocycles. The summed E-state index contributed by atoms with van der Waals surface area (Å²) in [6, 6.07) is 6.94. The number of nitrogens with zero attached hydrogens (tertiary/aromatic N) is 2. The minimum Gasteiger partial charge on any atom is -0.383 e. The molecule has 4 N–H and O–H groups in total. The molecule has 0 unspecified atom stereocenters. The zero-order valence-electron chi connectivity index (χ0n) is 9.42. The van der Waals surface area contributed by atoms with Crippen LogP contribution < -0.4 is 11.5 Å². The number of hydrogen-bond acceptors (Lipinski definition) is 4. The Labute approximate surface area is 102 Å². The van der Waals surface area contributed by atoms with E-state index in [4.69, 9.17) is 11.5 Å². The summed E-state index contributed by atoms with van der Waals surface area (Å²) >= 11 is 0. The van der Waals surface area contributed by atoms with Crippen LogP contribution in [0.5, 0.6) is 0 Å². The quantitative estimate of drug-likeness (QED) is 0.627. The van der Waals surface area contributed by atoms with Crippen LogP contribution in [0.25, 0.3) is 21.7 Å². The monoisotopic (exact) mass is 238 g/mol. The number of amides is 1. The van der Waals surface area contributed by atoms with Gasteiger partial charge in [-0.2, -0.15) is 0 Å². The Morgan fingerprint density at radius 2 is 1.94 bits per heavy atom. The molecule has 3 aromatic rings. The van der Waals surface area contributed by atoms with Gasteiger partial charge in [-0.15, -0.1) is 0 Å². The Morgan fingerprint density at radius 1 is 1.11 bits per heavy atom. The summed E-state index contributed by atoms with van der Waals surface area (Å²) in [6.07, 6.45) is 3.41. The molecular weight excluding hydrogens is 228 g/mol. The van der Waals surface area contributed by atoms with Crippen molar-refractivity contribution in [2.45, 2.75) is 0 Å². The highest BCUT2D eigenvalue weighted by atomic mass is 16.1. The fraction of sp³-hybridized carbons (Fsp3) is 0. The van der Waals surface area contributed by atoms with Gasteiger partial charge in [-0.25, -0.2) is 4.98 Å². The van der Waals surface area contributed by atoms with Crippen molar-refractivity contribution in [1.29, 1.82) is 0 Å². The lowest BCUT2D eigenvalue weighted by Crippen LogP contribution is -2.10. The summed E-state index contributed by atoms with van der Waals surface area (Å²) in [7, 11) is 0. The van der Waals surface area contributed by atoms with E-state index in [0.717, 1.165) is 16.2 Å². The van der Waals surface area contributed by atoms with E-state index in [1.165, 1.54) is 0 Å². The van der Waals surface area contributed by atoms with E-state index >= 15 is 0 Å². The fourth-order valence-corrected chi connectivity index (χ4v) is 2.03. The number of nitrogens with two attached hydrogens (primary N) is 2. The number of rotatable bonds is 1. The molecule has 0 bridgehead atoms. The van der Waals surface area contributed by atoms with E-state index < -0.39 is 5.91 Å². The molecule has 88 valence electrons. The molecule has 0 saturated carbocycles. The summed E-state index contributed by atoms with van der Waals surface area (Å²) in [5, 5.41) is 2.66. The molecule has 0 aliphatic rings. The number of carbonyl (C=O) groups is 1. The van der Waals surface area contributed by atoms with E-state index in [1.807, 2.05) is 12.1 Å². The minimum absolute atomic E-state index is 0.414. The molecular formula is C13H10N4O. The van der Waals surface area contributed by atoms with E-state index in [1.54, 1.807) is 24.5 Å². The topological polar surface area (TPSA) is 94.9 Å². The van der Waals surface area contributed by atoms with E-state index in [2.05, 4.69) is 9.97 Å². The molecule has 3 rings (SSSR count). The second-order valence-corrected chi connectivity index (χ2v) is 4.01. The number of carbonyl (C=O) groups excluding carboxylic acids is 1. The van der Waals surface area contributed by atoms with Crippen LogP contribution in [-0.2, 0) is 0 Å². The van der Waals surface area contributed by atoms with Crippen molar-refractivity contribution in [1.82, 2.24) is 9.97 Å². The maximum absolute atomic E-state index is 11.1. The van der Waals surface area contributed by atoms with Crippen molar-refractivity contribution in [3.8, 4) is 0 Å². The molecule has 18 heavy (non-hydrogen) atoms. The zero-order valence-corrected chi connectivity index (χ0v) is 9.42. The van der Waals surface area contributed by atoms with Crippen molar-refractivity contribution >= 4 is 33.4 Å². The molecule has 5 nitrogen and oxygen atoms in total. The molecule has 1 aromatic carbocycles. The van der Waals surface area contributed by atoms with Crippen LogP contribution >= 0.6 is 0 Å². The maximum Gasteiger partial charge on any atom is 0.248 e. The largest absolute Gasteiger partial charge is 0.383 e. The van der Waals surface area contributed by atoms with E-state index in [9.17, 15) is 4.79 Å². The average Bonchev–Trinajstić information content (AvgIpc) is 2.38. The van der Waals surface area contributed by atoms with Crippen molar-refractivity contribution in [3.63, 3.8) is 0 Å². The molecule has 0 atom stereocenters. The van der Waals surface area contributed by atoms with Gasteiger partial charge in [0.05, 0.1) is 5.52 Å². The summed E-state index contributed by atoms with van der Waals surface area (Å²) in [4.78, 5) is 19.5. The standard InChI is InChI=1S/C13H10N4O/c14-12-9-3-4-16-6-10(9)8-2-1-7(13(15)18)5-11(8)17-12/h1-6H,(H2,14,17)(H2,15,18). The molecule has 0 aliphatic carbocycles. The first-order valence-corrected chi connectivity index (χ1v) is 5.39. The Morgan fingerprint density at radius 3 is 2.72 bits per heavy atom. The van der Waals surface area contributed by atoms with Crippen LogP contribution in [0.2, 0.25) is 0 Å². The number of primary amides is 1.